The predicted octanol–water partition coefficient (Wildman–Crippen LogP) is 4.35. The van der Waals surface area contributed by atoms with Gasteiger partial charge in [-0.2, -0.15) is 0 Å². The third-order valence-electron chi connectivity index (χ3n) is 4.86. The Bertz CT molecular complexity index is 991. The minimum absolute atomic E-state index is 0.121. The molecule has 0 unspecified atom stereocenters. The molecule has 0 atom stereocenters. The monoisotopic (exact) mass is 593 g/mol. The van der Waals surface area contributed by atoms with Crippen LogP contribution in [0.2, 0.25) is 0 Å². The van der Waals surface area contributed by atoms with Crippen molar-refractivity contribution in [1.82, 2.24) is 0 Å². The molecule has 0 saturated heterocycles. The van der Waals surface area contributed by atoms with Crippen LogP contribution in [-0.2, 0) is 0 Å². The summed E-state index contributed by atoms with van der Waals surface area (Å²) in [5.74, 6) is 0. The number of nitro benzene ring substituents is 1. The number of nitro groups is 1. The number of hydrogen-bond acceptors (Lipinski definition) is 3. The van der Waals surface area contributed by atoms with Crippen LogP contribution >= 0.6 is 8.31 Å². The SMILES string of the molecule is O=[N+]([O-])c1ccc([S][Pb]([c]2ccccc2)([c]2ccccc2)[c]2ccccc2)cc1. The Morgan fingerprint density at radius 2 is 0.966 bits per heavy atom. The van der Waals surface area contributed by atoms with Gasteiger partial charge in [-0.3, -0.25) is 0 Å². The van der Waals surface area contributed by atoms with E-state index in [9.17, 15) is 10.1 Å². The molecular weight excluding hydrogens is 574 g/mol. The van der Waals surface area contributed by atoms with Gasteiger partial charge in [-0.25, -0.2) is 0 Å². The molecule has 4 aromatic rings. The molecule has 4 aromatic carbocycles. The Morgan fingerprint density at radius 3 is 1.31 bits per heavy atom. The fraction of sp³-hybridized carbons (Fsp3) is 0. The molecule has 0 bridgehead atoms. The zero-order chi connectivity index (χ0) is 20.1. The molecule has 0 saturated carbocycles. The van der Waals surface area contributed by atoms with Gasteiger partial charge in [-0.05, 0) is 0 Å². The number of hydrogen-bond donors (Lipinski definition) is 0. The first-order valence-electron chi connectivity index (χ1n) is 9.30. The molecule has 0 fully saturated rings. The number of benzene rings is 4. The Morgan fingerprint density at radius 1 is 0.586 bits per heavy atom. The molecule has 0 amide bonds. The van der Waals surface area contributed by atoms with Crippen LogP contribution in [0.1, 0.15) is 0 Å². The normalized spacial score (nSPS) is 11.2. The zero-order valence-corrected chi connectivity index (χ0v) is 20.3. The van der Waals surface area contributed by atoms with Gasteiger partial charge in [0.25, 0.3) is 0 Å². The van der Waals surface area contributed by atoms with Gasteiger partial charge in [0.1, 0.15) is 0 Å². The zero-order valence-electron chi connectivity index (χ0n) is 15.6. The summed E-state index contributed by atoms with van der Waals surface area (Å²) in [6.07, 6.45) is 0. The minimum atomic E-state index is -3.65. The van der Waals surface area contributed by atoms with Crippen molar-refractivity contribution in [3.8, 4) is 0 Å². The van der Waals surface area contributed by atoms with E-state index in [0.29, 0.717) is 0 Å². The van der Waals surface area contributed by atoms with Crippen LogP contribution in [0.5, 0.6) is 0 Å². The topological polar surface area (TPSA) is 43.1 Å². The first kappa shape index (κ1) is 19.9. The summed E-state index contributed by atoms with van der Waals surface area (Å²) in [7, 11) is 1.92. The van der Waals surface area contributed by atoms with Crippen LogP contribution in [-0.4, -0.2) is 24.6 Å². The van der Waals surface area contributed by atoms with E-state index in [0.717, 1.165) is 4.90 Å². The van der Waals surface area contributed by atoms with E-state index in [2.05, 4.69) is 91.0 Å². The van der Waals surface area contributed by atoms with Gasteiger partial charge in [0.2, 0.25) is 0 Å². The Labute approximate surface area is 177 Å². The molecule has 142 valence electrons. The van der Waals surface area contributed by atoms with E-state index in [4.69, 9.17) is 0 Å². The second-order valence-corrected chi connectivity index (χ2v) is 27.1. The Kier molecular flexibility index (Phi) is 6.11. The number of nitrogens with zero attached hydrogens (tertiary/aromatic N) is 1. The van der Waals surface area contributed by atoms with Gasteiger partial charge < -0.3 is 0 Å². The van der Waals surface area contributed by atoms with Crippen LogP contribution in [0, 0.1) is 10.1 Å². The van der Waals surface area contributed by atoms with Gasteiger partial charge in [0.15, 0.2) is 0 Å². The summed E-state index contributed by atoms with van der Waals surface area (Å²) < 4.78 is 4.13. The summed E-state index contributed by atoms with van der Waals surface area (Å²) in [4.78, 5) is 11.8. The van der Waals surface area contributed by atoms with Gasteiger partial charge in [0, 0.05) is 0 Å². The van der Waals surface area contributed by atoms with Crippen molar-refractivity contribution in [2.75, 3.05) is 0 Å². The van der Waals surface area contributed by atoms with Crippen molar-refractivity contribution >= 4 is 43.0 Å². The second-order valence-electron chi connectivity index (χ2n) is 6.63. The molecule has 0 heterocycles. The molecule has 0 aliphatic rings. The van der Waals surface area contributed by atoms with Crippen molar-refractivity contribution in [2.24, 2.45) is 0 Å². The summed E-state index contributed by atoms with van der Waals surface area (Å²) in [6.45, 7) is 0. The molecule has 0 radical (unpaired) electrons. The van der Waals surface area contributed by atoms with E-state index >= 15 is 0 Å². The van der Waals surface area contributed by atoms with Crippen molar-refractivity contribution in [3.05, 3.63) is 125 Å². The van der Waals surface area contributed by atoms with E-state index in [1.54, 1.807) is 12.1 Å². The summed E-state index contributed by atoms with van der Waals surface area (Å²) in [5.41, 5.74) is 0.121. The molecule has 29 heavy (non-hydrogen) atoms. The second kappa shape index (κ2) is 8.92. The molecular formula is C24H19NO2PbS. The van der Waals surface area contributed by atoms with Crippen LogP contribution in [0.3, 0.4) is 0 Å². The van der Waals surface area contributed by atoms with Crippen molar-refractivity contribution in [1.29, 1.82) is 0 Å². The number of non-ortho nitro benzene ring substituents is 1. The number of rotatable bonds is 6. The van der Waals surface area contributed by atoms with E-state index in [-0.39, 0.29) is 10.6 Å². The van der Waals surface area contributed by atoms with Gasteiger partial charge in [-0.15, -0.1) is 0 Å². The van der Waals surface area contributed by atoms with Crippen LogP contribution in [0.15, 0.2) is 120 Å². The van der Waals surface area contributed by atoms with Crippen molar-refractivity contribution < 1.29 is 4.92 Å². The third-order valence-corrected chi connectivity index (χ3v) is 31.6. The molecule has 0 aliphatic carbocycles. The van der Waals surface area contributed by atoms with Crippen LogP contribution < -0.4 is 9.37 Å². The maximum absolute atomic E-state index is 11.1. The average molecular weight is 593 g/mol. The summed E-state index contributed by atoms with van der Waals surface area (Å²) in [6, 6.07) is 39.1. The standard InChI is InChI=1S/C6H5NO2S.3C6H5.Pb/c8-7(9)5-1-3-6(10)4-2-5;3*1-2-4-6-5-3-1;/h1-4,10H;3*1-5H;/q;;;;+1/p-1. The molecule has 4 rings (SSSR count). The fourth-order valence-electron chi connectivity index (χ4n) is 3.51. The molecule has 3 nitrogen and oxygen atoms in total. The molecule has 5 heteroatoms. The fourth-order valence-corrected chi connectivity index (χ4v) is 29.5. The van der Waals surface area contributed by atoms with Gasteiger partial charge in [-0.1, -0.05) is 0 Å². The summed E-state index contributed by atoms with van der Waals surface area (Å²) >= 11 is -3.65. The predicted molar refractivity (Wildman–Crippen MR) is 123 cm³/mol. The molecule has 0 aliphatic heterocycles. The Balaban J connectivity index is 1.93. The van der Waals surface area contributed by atoms with E-state index in [1.807, 2.05) is 20.4 Å². The first-order valence-corrected chi connectivity index (χ1v) is 20.7. The van der Waals surface area contributed by atoms with Crippen LogP contribution in [0.4, 0.5) is 5.69 Å². The summed E-state index contributed by atoms with van der Waals surface area (Å²) in [5, 5.41) is 11.1. The molecule has 0 aromatic heterocycles. The third kappa shape index (κ3) is 4.13. The van der Waals surface area contributed by atoms with Crippen molar-refractivity contribution in [3.63, 3.8) is 0 Å². The average Bonchev–Trinajstić information content (AvgIpc) is 2.79. The van der Waals surface area contributed by atoms with E-state index in [1.165, 1.54) is 9.37 Å². The van der Waals surface area contributed by atoms with Crippen LogP contribution in [0.25, 0.3) is 0 Å². The quantitative estimate of drug-likeness (QED) is 0.190. The molecule has 0 N–H and O–H groups in total. The van der Waals surface area contributed by atoms with E-state index < -0.39 is 19.7 Å². The maximum atomic E-state index is 11.1. The first-order chi connectivity index (χ1) is 14.2. The van der Waals surface area contributed by atoms with Gasteiger partial charge >= 0.3 is 178 Å². The van der Waals surface area contributed by atoms with Gasteiger partial charge in [0.05, 0.1) is 0 Å². The van der Waals surface area contributed by atoms with Crippen molar-refractivity contribution in [2.45, 2.75) is 4.90 Å². The molecule has 0 spiro atoms. The Hall–Kier alpha value is -2.45.